The van der Waals surface area contributed by atoms with Crippen LogP contribution in [0.25, 0.3) is 0 Å². The van der Waals surface area contributed by atoms with Crippen molar-refractivity contribution in [3.63, 3.8) is 0 Å². The van der Waals surface area contributed by atoms with Crippen LogP contribution in [0.4, 0.5) is 0 Å². The first-order valence-corrected chi connectivity index (χ1v) is 13.5. The molecule has 1 spiro atoms. The summed E-state index contributed by atoms with van der Waals surface area (Å²) in [5, 5.41) is 30.2. The molecular formula is C24H34O7S2. The summed E-state index contributed by atoms with van der Waals surface area (Å²) in [4.78, 5) is 22.4. The fraction of sp³-hybridized carbons (Fsp3) is 0.667. The molecule has 1 saturated carbocycles. The molecule has 184 valence electrons. The van der Waals surface area contributed by atoms with E-state index in [1.165, 1.54) is 6.92 Å². The van der Waals surface area contributed by atoms with Gasteiger partial charge in [0.1, 0.15) is 23.0 Å². The minimum atomic E-state index is -0.741. The Labute approximate surface area is 203 Å². The molecule has 1 aliphatic carbocycles. The molecule has 3 rings (SSSR count). The Kier molecular flexibility index (Phi) is 9.38. The maximum absolute atomic E-state index is 11.7. The molecule has 1 heterocycles. The van der Waals surface area contributed by atoms with Crippen LogP contribution in [-0.2, 0) is 16.0 Å². The lowest BCUT2D eigenvalue weighted by Crippen LogP contribution is -2.22. The zero-order valence-corrected chi connectivity index (χ0v) is 20.9. The second-order valence-corrected chi connectivity index (χ2v) is 11.6. The van der Waals surface area contributed by atoms with E-state index in [1.807, 2.05) is 18.7 Å². The van der Waals surface area contributed by atoms with Crippen LogP contribution >= 0.6 is 23.5 Å². The van der Waals surface area contributed by atoms with Crippen molar-refractivity contribution in [3.8, 4) is 11.5 Å². The highest BCUT2D eigenvalue weighted by Gasteiger charge is 2.47. The molecule has 1 aliphatic heterocycles. The summed E-state index contributed by atoms with van der Waals surface area (Å²) in [6.45, 7) is 4.18. The second-order valence-electron chi connectivity index (χ2n) is 8.92. The predicted octanol–water partition coefficient (Wildman–Crippen LogP) is 4.12. The van der Waals surface area contributed by atoms with Gasteiger partial charge >= 0.3 is 5.97 Å². The Hall–Kier alpha value is -1.42. The van der Waals surface area contributed by atoms with E-state index in [1.54, 1.807) is 23.9 Å². The van der Waals surface area contributed by atoms with Gasteiger partial charge in [0, 0.05) is 28.7 Å². The monoisotopic (exact) mass is 498 g/mol. The van der Waals surface area contributed by atoms with Crippen molar-refractivity contribution in [3.05, 3.63) is 23.3 Å². The fourth-order valence-electron chi connectivity index (χ4n) is 4.52. The zero-order chi connectivity index (χ0) is 24.0. The van der Waals surface area contributed by atoms with E-state index < -0.39 is 12.1 Å². The number of carbonyl (C=O) groups excluding carboxylic acids is 1. The van der Waals surface area contributed by atoms with Gasteiger partial charge in [0.05, 0.1) is 18.3 Å². The summed E-state index contributed by atoms with van der Waals surface area (Å²) < 4.78 is 11.9. The zero-order valence-electron chi connectivity index (χ0n) is 19.2. The number of rotatable bonds is 12. The highest BCUT2D eigenvalue weighted by Crippen LogP contribution is 2.52. The lowest BCUT2D eigenvalue weighted by Gasteiger charge is -2.22. The van der Waals surface area contributed by atoms with E-state index in [0.717, 1.165) is 31.4 Å². The van der Waals surface area contributed by atoms with Crippen LogP contribution in [-0.4, -0.2) is 68.1 Å². The van der Waals surface area contributed by atoms with Gasteiger partial charge in [-0.1, -0.05) is 13.3 Å². The van der Waals surface area contributed by atoms with Crippen molar-refractivity contribution < 1.29 is 34.4 Å². The summed E-state index contributed by atoms with van der Waals surface area (Å²) in [6, 6.07) is 3.25. The van der Waals surface area contributed by atoms with Gasteiger partial charge < -0.3 is 24.8 Å². The molecule has 1 aromatic carbocycles. The second kappa shape index (κ2) is 11.8. The topological polar surface area (TPSA) is 113 Å². The maximum Gasteiger partial charge on any atom is 0.303 e. The van der Waals surface area contributed by atoms with Gasteiger partial charge in [-0.2, -0.15) is 11.8 Å². The first-order valence-electron chi connectivity index (χ1n) is 11.5. The maximum atomic E-state index is 11.7. The molecule has 0 amide bonds. The number of aromatic hydroxyl groups is 1. The Morgan fingerprint density at radius 1 is 1.39 bits per heavy atom. The number of aliphatic hydroxyl groups excluding tert-OH is 1. The molecule has 2 fully saturated rings. The number of carboxylic acids is 1. The molecule has 33 heavy (non-hydrogen) atoms. The molecular weight excluding hydrogens is 464 g/mol. The number of aliphatic hydroxyl groups is 1. The van der Waals surface area contributed by atoms with Crippen molar-refractivity contribution in [2.24, 2.45) is 5.92 Å². The van der Waals surface area contributed by atoms with Crippen LogP contribution < -0.4 is 4.74 Å². The first-order chi connectivity index (χ1) is 15.7. The molecule has 9 heteroatoms. The van der Waals surface area contributed by atoms with Gasteiger partial charge in [-0.05, 0) is 50.7 Å². The number of phenols is 1. The minimum Gasteiger partial charge on any atom is -0.507 e. The largest absolute Gasteiger partial charge is 0.507 e. The van der Waals surface area contributed by atoms with Crippen molar-refractivity contribution in [2.45, 2.75) is 68.7 Å². The van der Waals surface area contributed by atoms with Crippen molar-refractivity contribution in [2.75, 3.05) is 24.7 Å². The molecule has 1 aromatic rings. The van der Waals surface area contributed by atoms with Gasteiger partial charge in [-0.25, -0.2) is 0 Å². The third-order valence-electron chi connectivity index (χ3n) is 6.07. The smallest absolute Gasteiger partial charge is 0.303 e. The number of aliphatic carboxylic acids is 1. The lowest BCUT2D eigenvalue weighted by atomic mass is 10.0. The SMILES string of the molecule is CCCc1c(OCC(O)CSCC2COC3(CCC(CC(=O)O)C3)S2)ccc(C(C)=O)c1O. The Balaban J connectivity index is 1.42. The standard InChI is InChI=1S/C24H34O7S2/c1-3-4-20-21(6-5-19(15(2)25)23(20)29)30-11-17(26)13-32-14-18-12-31-24(33-18)8-7-16(10-24)9-22(27)28/h5-6,16-18,26,29H,3-4,7-14H2,1-2H3,(H,27,28). The number of carboxylic acid groups (broad SMARTS) is 1. The molecule has 0 radical (unpaired) electrons. The highest BCUT2D eigenvalue weighted by atomic mass is 32.2. The van der Waals surface area contributed by atoms with Crippen LogP contribution in [0.1, 0.15) is 61.9 Å². The fourth-order valence-corrected chi connectivity index (χ4v) is 7.40. The van der Waals surface area contributed by atoms with Crippen LogP contribution in [0.15, 0.2) is 12.1 Å². The number of Topliss-reactive ketones (excluding diaryl/α,β-unsaturated/α-hetero) is 1. The molecule has 2 aliphatic rings. The normalized spacial score (nSPS) is 25.4. The average molecular weight is 499 g/mol. The summed E-state index contributed by atoms with van der Waals surface area (Å²) >= 11 is 3.47. The lowest BCUT2D eigenvalue weighted by molar-refractivity contribution is -0.138. The Bertz CT molecular complexity index is 846. The minimum absolute atomic E-state index is 0.0320. The van der Waals surface area contributed by atoms with E-state index in [2.05, 4.69) is 0 Å². The summed E-state index contributed by atoms with van der Waals surface area (Å²) in [7, 11) is 0. The third kappa shape index (κ3) is 7.04. The van der Waals surface area contributed by atoms with Crippen LogP contribution in [0.2, 0.25) is 0 Å². The van der Waals surface area contributed by atoms with E-state index in [-0.39, 0.29) is 41.0 Å². The van der Waals surface area contributed by atoms with Crippen LogP contribution in [0, 0.1) is 5.92 Å². The number of ether oxygens (including phenoxy) is 2. The quantitative estimate of drug-likeness (QED) is 0.366. The van der Waals surface area contributed by atoms with Crippen molar-refractivity contribution >= 4 is 35.3 Å². The van der Waals surface area contributed by atoms with Crippen LogP contribution in [0.3, 0.4) is 0 Å². The Morgan fingerprint density at radius 3 is 2.88 bits per heavy atom. The molecule has 4 atom stereocenters. The summed E-state index contributed by atoms with van der Waals surface area (Å²) in [5.74, 6) is 1.10. The molecule has 1 saturated heterocycles. The Morgan fingerprint density at radius 2 is 2.18 bits per heavy atom. The van der Waals surface area contributed by atoms with Gasteiger partial charge in [0.2, 0.25) is 0 Å². The number of phenolic OH excluding ortho intramolecular Hbond substituents is 1. The van der Waals surface area contributed by atoms with Gasteiger partial charge in [0.15, 0.2) is 5.78 Å². The van der Waals surface area contributed by atoms with Crippen molar-refractivity contribution in [1.29, 1.82) is 0 Å². The number of carbonyl (C=O) groups is 2. The molecule has 0 bridgehead atoms. The number of benzene rings is 1. The summed E-state index contributed by atoms with van der Waals surface area (Å²) in [5.41, 5.74) is 0.889. The number of ketones is 1. The van der Waals surface area contributed by atoms with E-state index in [4.69, 9.17) is 14.6 Å². The molecule has 3 N–H and O–H groups in total. The number of hydrogen-bond acceptors (Lipinski definition) is 8. The van der Waals surface area contributed by atoms with Gasteiger partial charge in [-0.15, -0.1) is 11.8 Å². The van der Waals surface area contributed by atoms with E-state index in [0.29, 0.717) is 35.3 Å². The van der Waals surface area contributed by atoms with Crippen molar-refractivity contribution in [1.82, 2.24) is 0 Å². The molecule has 7 nitrogen and oxygen atoms in total. The van der Waals surface area contributed by atoms with Gasteiger partial charge in [0.25, 0.3) is 0 Å². The number of thioether (sulfide) groups is 2. The van der Waals surface area contributed by atoms with Crippen LogP contribution in [0.5, 0.6) is 11.5 Å². The summed E-state index contributed by atoms with van der Waals surface area (Å²) in [6.07, 6.45) is 3.54. The third-order valence-corrected chi connectivity index (χ3v) is 9.10. The highest BCUT2D eigenvalue weighted by molar-refractivity contribution is 8.04. The molecule has 4 unspecified atom stereocenters. The first kappa shape index (κ1) is 26.2. The van der Waals surface area contributed by atoms with E-state index in [9.17, 15) is 19.8 Å². The van der Waals surface area contributed by atoms with E-state index >= 15 is 0 Å². The predicted molar refractivity (Wildman–Crippen MR) is 131 cm³/mol. The average Bonchev–Trinajstić information content (AvgIpc) is 3.33. The molecule has 0 aromatic heterocycles. The number of hydrogen-bond donors (Lipinski definition) is 3. The van der Waals surface area contributed by atoms with Gasteiger partial charge in [-0.3, -0.25) is 9.59 Å².